The van der Waals surface area contributed by atoms with Crippen molar-refractivity contribution in [2.45, 2.75) is 31.8 Å². The van der Waals surface area contributed by atoms with Crippen LogP contribution in [0.5, 0.6) is 5.75 Å². The highest BCUT2D eigenvalue weighted by atomic mass is 16.6. The Morgan fingerprint density at radius 1 is 1.04 bits per heavy atom. The summed E-state index contributed by atoms with van der Waals surface area (Å²) in [5.41, 5.74) is 2.26. The van der Waals surface area contributed by atoms with Crippen LogP contribution in [0.25, 0.3) is 0 Å². The standard InChI is InChI=1S/C21H24O4/c22-21(25-15-19-11-6-7-13-23-19)16-24-20-12-5-4-10-18(20)14-17-8-2-1-3-9-17/h1-5,8-10,12,19H,6-7,11,13-16H2. The lowest BCUT2D eigenvalue weighted by atomic mass is 10.0. The molecule has 2 aromatic carbocycles. The summed E-state index contributed by atoms with van der Waals surface area (Å²) in [5, 5.41) is 0. The van der Waals surface area contributed by atoms with Crippen molar-refractivity contribution in [3.05, 3.63) is 65.7 Å². The van der Waals surface area contributed by atoms with Crippen LogP contribution in [0, 0.1) is 0 Å². The number of hydrogen-bond donors (Lipinski definition) is 0. The van der Waals surface area contributed by atoms with Crippen LogP contribution < -0.4 is 4.74 Å². The first-order valence-electron chi connectivity index (χ1n) is 8.83. The summed E-state index contributed by atoms with van der Waals surface area (Å²) in [4.78, 5) is 11.9. The van der Waals surface area contributed by atoms with Crippen LogP contribution in [0.3, 0.4) is 0 Å². The van der Waals surface area contributed by atoms with E-state index in [4.69, 9.17) is 14.2 Å². The first kappa shape index (κ1) is 17.5. The number of hydrogen-bond acceptors (Lipinski definition) is 4. The van der Waals surface area contributed by atoms with Crippen LogP contribution >= 0.6 is 0 Å². The largest absolute Gasteiger partial charge is 0.482 e. The summed E-state index contributed by atoms with van der Waals surface area (Å²) in [7, 11) is 0. The normalized spacial score (nSPS) is 17.0. The highest BCUT2D eigenvalue weighted by molar-refractivity contribution is 5.71. The molecule has 3 rings (SSSR count). The van der Waals surface area contributed by atoms with Gasteiger partial charge >= 0.3 is 5.97 Å². The van der Waals surface area contributed by atoms with E-state index < -0.39 is 0 Å². The van der Waals surface area contributed by atoms with Crippen LogP contribution in [0.4, 0.5) is 0 Å². The van der Waals surface area contributed by atoms with Crippen molar-refractivity contribution >= 4 is 5.97 Å². The van der Waals surface area contributed by atoms with Crippen LogP contribution in [-0.2, 0) is 20.7 Å². The number of benzene rings is 2. The maximum absolute atomic E-state index is 11.9. The molecular weight excluding hydrogens is 316 g/mol. The van der Waals surface area contributed by atoms with E-state index in [1.807, 2.05) is 42.5 Å². The molecule has 0 radical (unpaired) electrons. The van der Waals surface area contributed by atoms with Gasteiger partial charge in [-0.05, 0) is 36.5 Å². The molecule has 1 fully saturated rings. The van der Waals surface area contributed by atoms with Crippen LogP contribution in [-0.4, -0.2) is 31.9 Å². The predicted molar refractivity (Wildman–Crippen MR) is 95.7 cm³/mol. The molecule has 1 saturated heterocycles. The molecule has 4 nitrogen and oxygen atoms in total. The van der Waals surface area contributed by atoms with E-state index in [0.29, 0.717) is 6.61 Å². The first-order chi connectivity index (χ1) is 12.3. The minimum absolute atomic E-state index is 0.0306. The van der Waals surface area contributed by atoms with Gasteiger partial charge in [0.15, 0.2) is 6.61 Å². The molecule has 132 valence electrons. The molecule has 0 N–H and O–H groups in total. The first-order valence-corrected chi connectivity index (χ1v) is 8.83. The second kappa shape index (κ2) is 9.23. The van der Waals surface area contributed by atoms with E-state index in [1.165, 1.54) is 5.56 Å². The molecule has 1 aliphatic rings. The smallest absolute Gasteiger partial charge is 0.344 e. The third-order valence-electron chi connectivity index (χ3n) is 4.26. The van der Waals surface area contributed by atoms with Gasteiger partial charge in [0.25, 0.3) is 0 Å². The summed E-state index contributed by atoms with van der Waals surface area (Å²) < 4.78 is 16.5. The lowest BCUT2D eigenvalue weighted by Gasteiger charge is -2.22. The summed E-state index contributed by atoms with van der Waals surface area (Å²) in [6, 6.07) is 18.0. The van der Waals surface area contributed by atoms with Gasteiger partial charge in [-0.15, -0.1) is 0 Å². The fraction of sp³-hybridized carbons (Fsp3) is 0.381. The molecule has 4 heteroatoms. The third kappa shape index (κ3) is 5.61. The van der Waals surface area contributed by atoms with Gasteiger partial charge in [-0.25, -0.2) is 4.79 Å². The molecule has 25 heavy (non-hydrogen) atoms. The Morgan fingerprint density at radius 2 is 1.84 bits per heavy atom. The topological polar surface area (TPSA) is 44.8 Å². The molecule has 2 aromatic rings. The highest BCUT2D eigenvalue weighted by Gasteiger charge is 2.16. The molecule has 0 aliphatic carbocycles. The number of esters is 1. The van der Waals surface area contributed by atoms with E-state index in [2.05, 4.69) is 12.1 Å². The van der Waals surface area contributed by atoms with E-state index in [1.54, 1.807) is 0 Å². The highest BCUT2D eigenvalue weighted by Crippen LogP contribution is 2.21. The van der Waals surface area contributed by atoms with Gasteiger partial charge in [0, 0.05) is 13.0 Å². The van der Waals surface area contributed by atoms with E-state index in [9.17, 15) is 4.79 Å². The Bertz CT molecular complexity index is 663. The molecule has 1 unspecified atom stereocenters. The number of carbonyl (C=O) groups is 1. The molecular formula is C21H24O4. The van der Waals surface area contributed by atoms with E-state index in [-0.39, 0.29) is 18.7 Å². The van der Waals surface area contributed by atoms with E-state index in [0.717, 1.165) is 43.6 Å². The van der Waals surface area contributed by atoms with Crippen LogP contribution in [0.2, 0.25) is 0 Å². The molecule has 0 spiro atoms. The molecule has 0 saturated carbocycles. The maximum Gasteiger partial charge on any atom is 0.344 e. The van der Waals surface area contributed by atoms with Gasteiger partial charge in [-0.1, -0.05) is 48.5 Å². The Morgan fingerprint density at radius 3 is 2.64 bits per heavy atom. The van der Waals surface area contributed by atoms with Crippen molar-refractivity contribution in [2.24, 2.45) is 0 Å². The molecule has 0 aromatic heterocycles. The Balaban J connectivity index is 1.49. The lowest BCUT2D eigenvalue weighted by molar-refractivity contribution is -0.151. The van der Waals surface area contributed by atoms with Crippen molar-refractivity contribution in [2.75, 3.05) is 19.8 Å². The molecule has 1 heterocycles. The SMILES string of the molecule is O=C(COc1ccccc1Cc1ccccc1)OCC1CCCCO1. The third-order valence-corrected chi connectivity index (χ3v) is 4.26. The summed E-state index contributed by atoms with van der Waals surface area (Å²) >= 11 is 0. The zero-order valence-electron chi connectivity index (χ0n) is 14.4. The average molecular weight is 340 g/mol. The Hall–Kier alpha value is -2.33. The van der Waals surface area contributed by atoms with Crippen molar-refractivity contribution in [3.63, 3.8) is 0 Å². The number of rotatable bonds is 7. The quantitative estimate of drug-likeness (QED) is 0.720. The molecule has 0 amide bonds. The minimum Gasteiger partial charge on any atom is -0.482 e. The van der Waals surface area contributed by atoms with Crippen molar-refractivity contribution in [1.82, 2.24) is 0 Å². The van der Waals surface area contributed by atoms with Gasteiger partial charge in [0.2, 0.25) is 0 Å². The minimum atomic E-state index is -0.358. The van der Waals surface area contributed by atoms with Gasteiger partial charge in [0.05, 0.1) is 6.10 Å². The lowest BCUT2D eigenvalue weighted by Crippen LogP contribution is -2.27. The fourth-order valence-electron chi connectivity index (χ4n) is 2.91. The average Bonchev–Trinajstić information content (AvgIpc) is 2.67. The fourth-order valence-corrected chi connectivity index (χ4v) is 2.91. The van der Waals surface area contributed by atoms with Gasteiger partial charge in [-0.3, -0.25) is 0 Å². The summed E-state index contributed by atoms with van der Waals surface area (Å²) in [6.45, 7) is 0.984. The number of carbonyl (C=O) groups excluding carboxylic acids is 1. The van der Waals surface area contributed by atoms with Crippen molar-refractivity contribution in [1.29, 1.82) is 0 Å². The second-order valence-corrected chi connectivity index (χ2v) is 6.23. The molecule has 1 atom stereocenters. The van der Waals surface area contributed by atoms with Crippen molar-refractivity contribution in [3.8, 4) is 5.75 Å². The van der Waals surface area contributed by atoms with Crippen LogP contribution in [0.15, 0.2) is 54.6 Å². The van der Waals surface area contributed by atoms with E-state index >= 15 is 0 Å². The second-order valence-electron chi connectivity index (χ2n) is 6.23. The van der Waals surface area contributed by atoms with Gasteiger partial charge in [-0.2, -0.15) is 0 Å². The molecule has 0 bridgehead atoms. The Labute approximate surface area is 148 Å². The predicted octanol–water partition coefficient (Wildman–Crippen LogP) is 3.77. The van der Waals surface area contributed by atoms with Crippen molar-refractivity contribution < 1.29 is 19.0 Å². The monoisotopic (exact) mass is 340 g/mol. The van der Waals surface area contributed by atoms with Gasteiger partial charge in [0.1, 0.15) is 12.4 Å². The zero-order chi connectivity index (χ0) is 17.3. The Kier molecular flexibility index (Phi) is 6.46. The maximum atomic E-state index is 11.9. The van der Waals surface area contributed by atoms with Gasteiger partial charge < -0.3 is 14.2 Å². The number of para-hydroxylation sites is 1. The zero-order valence-corrected chi connectivity index (χ0v) is 14.4. The summed E-state index contributed by atoms with van der Waals surface area (Å²) in [5.74, 6) is 0.362. The molecule has 1 aliphatic heterocycles. The summed E-state index contributed by atoms with van der Waals surface area (Å²) in [6.07, 6.45) is 3.97. The van der Waals surface area contributed by atoms with Crippen LogP contribution in [0.1, 0.15) is 30.4 Å². The number of ether oxygens (including phenoxy) is 3.